The van der Waals surface area contributed by atoms with Crippen LogP contribution in [0.2, 0.25) is 0 Å². The highest BCUT2D eigenvalue weighted by Crippen LogP contribution is 2.36. The van der Waals surface area contributed by atoms with Gasteiger partial charge in [-0.05, 0) is 26.2 Å². The van der Waals surface area contributed by atoms with Gasteiger partial charge in [-0.15, -0.1) is 0 Å². The minimum absolute atomic E-state index is 0.171. The normalized spacial score (nSPS) is 26.9. The van der Waals surface area contributed by atoms with Gasteiger partial charge in [0.1, 0.15) is 0 Å². The number of quaternary nitrogens is 1. The maximum atomic E-state index is 13.7. The molecule has 0 aromatic rings. The molecule has 0 spiro atoms. The van der Waals surface area contributed by atoms with Crippen LogP contribution in [-0.2, 0) is 19.2 Å². The molecule has 2 rings (SSSR count). The molecular formula is C19H32N3O5+. The van der Waals surface area contributed by atoms with Gasteiger partial charge < -0.3 is 5.73 Å². The van der Waals surface area contributed by atoms with Crippen LogP contribution in [-0.4, -0.2) is 58.0 Å². The van der Waals surface area contributed by atoms with Crippen molar-refractivity contribution < 1.29 is 28.9 Å². The van der Waals surface area contributed by atoms with Gasteiger partial charge >= 0.3 is 11.8 Å². The molecule has 27 heavy (non-hydrogen) atoms. The molecule has 1 aliphatic carbocycles. The van der Waals surface area contributed by atoms with Crippen molar-refractivity contribution in [1.29, 1.82) is 0 Å². The van der Waals surface area contributed by atoms with E-state index in [0.29, 0.717) is 30.2 Å². The Labute approximate surface area is 160 Å². The number of imide groups is 1. The van der Waals surface area contributed by atoms with E-state index in [-0.39, 0.29) is 31.3 Å². The first-order valence-corrected chi connectivity index (χ1v) is 9.90. The van der Waals surface area contributed by atoms with E-state index in [9.17, 15) is 24.4 Å². The van der Waals surface area contributed by atoms with Gasteiger partial charge in [0.15, 0.2) is 6.04 Å². The highest BCUT2D eigenvalue weighted by atomic mass is 16.5. The molecule has 2 aliphatic rings. The number of primary amides is 1. The molecule has 152 valence electrons. The molecule has 8 nitrogen and oxygen atoms in total. The van der Waals surface area contributed by atoms with Crippen molar-refractivity contribution in [1.82, 2.24) is 5.06 Å². The summed E-state index contributed by atoms with van der Waals surface area (Å²) in [4.78, 5) is 49.8. The van der Waals surface area contributed by atoms with E-state index >= 15 is 0 Å². The summed E-state index contributed by atoms with van der Waals surface area (Å²) in [5.74, 6) is -2.16. The number of carbonyl (C=O) groups excluding carboxylic acids is 4. The van der Waals surface area contributed by atoms with Gasteiger partial charge in [0.2, 0.25) is 6.41 Å². The second-order valence-corrected chi connectivity index (χ2v) is 8.29. The highest BCUT2D eigenvalue weighted by molar-refractivity contribution is 5.92. The first-order valence-electron chi connectivity index (χ1n) is 9.90. The van der Waals surface area contributed by atoms with Crippen molar-refractivity contribution in [3.63, 3.8) is 0 Å². The van der Waals surface area contributed by atoms with Crippen molar-refractivity contribution in [2.45, 2.75) is 64.8 Å². The number of likely N-dealkylation sites (tertiary alicyclic amines) is 1. The summed E-state index contributed by atoms with van der Waals surface area (Å²) in [5, 5.41) is 10.2. The molecule has 1 saturated heterocycles. The predicted octanol–water partition coefficient (Wildman–Crippen LogP) is 1.20. The Morgan fingerprint density at radius 2 is 1.78 bits per heavy atom. The van der Waals surface area contributed by atoms with Crippen LogP contribution in [0.5, 0.6) is 0 Å². The number of hydroxylamine groups is 2. The molecule has 1 unspecified atom stereocenters. The minimum Gasteiger partial charge on any atom is -0.364 e. The number of hydrogen-bond acceptors (Lipinski definition) is 5. The fraction of sp³-hybridized carbons (Fsp3) is 0.789. The van der Waals surface area contributed by atoms with Crippen LogP contribution in [0.25, 0.3) is 0 Å². The van der Waals surface area contributed by atoms with Crippen LogP contribution in [0.15, 0.2) is 0 Å². The molecule has 1 saturated carbocycles. The van der Waals surface area contributed by atoms with Crippen LogP contribution in [0.4, 0.5) is 0 Å². The first-order chi connectivity index (χ1) is 12.7. The van der Waals surface area contributed by atoms with Gasteiger partial charge in [-0.25, -0.2) is 14.7 Å². The minimum atomic E-state index is -0.873. The zero-order chi connectivity index (χ0) is 20.2. The molecule has 0 radical (unpaired) electrons. The van der Waals surface area contributed by atoms with Crippen molar-refractivity contribution in [2.24, 2.45) is 23.5 Å². The van der Waals surface area contributed by atoms with Gasteiger partial charge in [-0.1, -0.05) is 25.7 Å². The van der Waals surface area contributed by atoms with Gasteiger partial charge in [-0.2, -0.15) is 4.48 Å². The Morgan fingerprint density at radius 1 is 1.15 bits per heavy atom. The lowest BCUT2D eigenvalue weighted by Gasteiger charge is -2.37. The molecule has 4 amide bonds. The summed E-state index contributed by atoms with van der Waals surface area (Å²) in [7, 11) is 0. The smallest absolute Gasteiger partial charge is 0.326 e. The average Bonchev–Trinajstić information content (AvgIpc) is 3.29. The Morgan fingerprint density at radius 3 is 2.30 bits per heavy atom. The number of amides is 4. The Balaban J connectivity index is 2.39. The molecule has 0 bridgehead atoms. The zero-order valence-corrected chi connectivity index (χ0v) is 16.3. The molecule has 8 heteroatoms. The summed E-state index contributed by atoms with van der Waals surface area (Å²) < 4.78 is -0.572. The lowest BCUT2D eigenvalue weighted by atomic mass is 9.90. The number of nitrogens with zero attached hydrogens (tertiary/aromatic N) is 2. The number of hydrogen-bond donors (Lipinski definition) is 2. The second-order valence-electron chi connectivity index (χ2n) is 8.29. The summed E-state index contributed by atoms with van der Waals surface area (Å²) in [5.41, 5.74) is 5.57. The van der Waals surface area contributed by atoms with Crippen LogP contribution in [0, 0.1) is 17.8 Å². The summed E-state index contributed by atoms with van der Waals surface area (Å²) >= 11 is 0. The lowest BCUT2D eigenvalue weighted by molar-refractivity contribution is -0.785. The number of nitrogens with two attached hydrogens (primary N) is 1. The van der Waals surface area contributed by atoms with Gasteiger partial charge in [0, 0.05) is 12.8 Å². The lowest BCUT2D eigenvalue weighted by Crippen LogP contribution is -2.66. The third kappa shape index (κ3) is 4.38. The van der Waals surface area contributed by atoms with Crippen LogP contribution >= 0.6 is 0 Å². The highest BCUT2D eigenvalue weighted by Gasteiger charge is 2.58. The van der Waals surface area contributed by atoms with E-state index in [0.717, 1.165) is 25.7 Å². The fourth-order valence-corrected chi connectivity index (χ4v) is 4.86. The van der Waals surface area contributed by atoms with E-state index in [4.69, 9.17) is 5.73 Å². The third-order valence-corrected chi connectivity index (χ3v) is 6.10. The van der Waals surface area contributed by atoms with E-state index in [1.54, 1.807) is 13.8 Å². The summed E-state index contributed by atoms with van der Waals surface area (Å²) in [6.45, 7) is 3.50. The topological polar surface area (TPSA) is 118 Å². The van der Waals surface area contributed by atoms with Crippen molar-refractivity contribution in [3.8, 4) is 0 Å². The van der Waals surface area contributed by atoms with E-state index in [1.165, 1.54) is 0 Å². The molecule has 3 atom stereocenters. The van der Waals surface area contributed by atoms with Crippen molar-refractivity contribution in [2.75, 3.05) is 13.1 Å². The SMILES string of the molecule is CC(C)C(=O)[N+]1(C(=O)[C@H](CC2CCCC2)CN(O)C=O)CCC[C@H]1C(N)=O. The first kappa shape index (κ1) is 21.5. The van der Waals surface area contributed by atoms with E-state index in [2.05, 4.69) is 0 Å². The zero-order valence-electron chi connectivity index (χ0n) is 16.3. The number of rotatable bonds is 8. The van der Waals surface area contributed by atoms with Crippen LogP contribution < -0.4 is 5.73 Å². The van der Waals surface area contributed by atoms with Crippen LogP contribution in [0.3, 0.4) is 0 Å². The molecule has 0 aromatic heterocycles. The monoisotopic (exact) mass is 382 g/mol. The maximum absolute atomic E-state index is 13.7. The van der Waals surface area contributed by atoms with Crippen molar-refractivity contribution >= 4 is 24.1 Å². The predicted molar refractivity (Wildman–Crippen MR) is 96.8 cm³/mol. The van der Waals surface area contributed by atoms with Crippen molar-refractivity contribution in [3.05, 3.63) is 0 Å². The summed E-state index contributed by atoms with van der Waals surface area (Å²) in [6, 6.07) is -0.873. The quantitative estimate of drug-likeness (QED) is 0.283. The van der Waals surface area contributed by atoms with Gasteiger partial charge in [0.25, 0.3) is 5.91 Å². The molecule has 1 heterocycles. The average molecular weight is 382 g/mol. The number of carbonyl (C=O) groups is 4. The molecule has 2 fully saturated rings. The summed E-state index contributed by atoms with van der Waals surface area (Å²) in [6.07, 6.45) is 5.89. The van der Waals surface area contributed by atoms with Gasteiger partial charge in [-0.3, -0.25) is 14.8 Å². The second kappa shape index (κ2) is 8.93. The molecular weight excluding hydrogens is 350 g/mol. The maximum Gasteiger partial charge on any atom is 0.326 e. The Hall–Kier alpha value is -1.80. The molecule has 3 N–H and O–H groups in total. The standard InChI is InChI=1S/C19H31N3O5/c1-13(2)18(25)22(9-5-8-16(22)17(20)24)19(26)15(11-21(27)12-23)10-14-6-3-4-7-14/h12-16,27H,3-11H2,1-2H3,(H-,20,24)/p+1/t15-,16+,22?/m1/s1. The third-order valence-electron chi connectivity index (χ3n) is 6.10. The van der Waals surface area contributed by atoms with Crippen LogP contribution in [0.1, 0.15) is 58.8 Å². The van der Waals surface area contributed by atoms with Gasteiger partial charge in [0.05, 0.1) is 24.9 Å². The van der Waals surface area contributed by atoms with E-state index in [1.807, 2.05) is 0 Å². The fourth-order valence-electron chi connectivity index (χ4n) is 4.86. The van der Waals surface area contributed by atoms with E-state index < -0.39 is 28.3 Å². The Bertz CT molecular complexity index is 588. The molecule has 0 aromatic carbocycles. The molecule has 1 aliphatic heterocycles. The largest absolute Gasteiger partial charge is 0.364 e. The Kier molecular flexibility index (Phi) is 7.11.